The Hall–Kier alpha value is -4.77. The van der Waals surface area contributed by atoms with Crippen LogP contribution in [0.3, 0.4) is 0 Å². The number of para-hydroxylation sites is 1. The third kappa shape index (κ3) is 4.59. The maximum absolute atomic E-state index is 14.2. The summed E-state index contributed by atoms with van der Waals surface area (Å²) in [5, 5.41) is 4.11. The number of amides is 1. The third-order valence-corrected chi connectivity index (χ3v) is 6.40. The van der Waals surface area contributed by atoms with Crippen molar-refractivity contribution < 1.29 is 9.18 Å². The molecule has 2 atom stereocenters. The van der Waals surface area contributed by atoms with Gasteiger partial charge >= 0.3 is 0 Å². The number of hydrogen-bond donors (Lipinski definition) is 2. The smallest absolute Gasteiger partial charge is 0.270 e. The molecule has 0 aliphatic carbocycles. The summed E-state index contributed by atoms with van der Waals surface area (Å²) in [6.07, 6.45) is 4.32. The highest BCUT2D eigenvalue weighted by Crippen LogP contribution is 2.30. The molecular weight excluding hydrogens is 467 g/mol. The molecule has 0 radical (unpaired) electrons. The molecule has 0 saturated heterocycles. The average molecular weight is 491 g/mol. The van der Waals surface area contributed by atoms with Gasteiger partial charge in [-0.05, 0) is 48.7 Å². The number of rotatable bonds is 4. The molecule has 5 aromatic rings. The molecule has 37 heavy (non-hydrogen) atoms. The van der Waals surface area contributed by atoms with Crippen molar-refractivity contribution in [2.75, 3.05) is 0 Å². The van der Waals surface area contributed by atoms with E-state index in [0.29, 0.717) is 17.0 Å². The predicted molar refractivity (Wildman–Crippen MR) is 138 cm³/mol. The van der Waals surface area contributed by atoms with Crippen molar-refractivity contribution in [1.82, 2.24) is 29.8 Å². The lowest BCUT2D eigenvalue weighted by molar-refractivity contribution is 0.0936. The minimum atomic E-state index is -0.963. The average Bonchev–Trinajstić information content (AvgIpc) is 3.60. The number of pyridine rings is 2. The number of benzene rings is 1. The second kappa shape index (κ2) is 9.36. The number of aromatic nitrogens is 5. The van der Waals surface area contributed by atoms with Crippen molar-refractivity contribution in [1.29, 1.82) is 0 Å². The maximum atomic E-state index is 14.2. The van der Waals surface area contributed by atoms with Crippen LogP contribution in [0.25, 0.3) is 10.9 Å². The van der Waals surface area contributed by atoms with Crippen LogP contribution in [0.15, 0.2) is 73.3 Å². The summed E-state index contributed by atoms with van der Waals surface area (Å²) in [5.41, 5.74) is 5.50. The Kier molecular flexibility index (Phi) is 5.73. The topological polar surface area (TPSA) is 88.5 Å². The SMILES string of the molecule is Cc1cc(C#Cc2cccnc2)cc(C(=O)NC(c2cc3ccccc3[nH]2)c2ncn3c2C[C@@H](F)C3)n1. The molecule has 1 aliphatic rings. The number of carbonyl (C=O) groups excluding carboxylic acids is 1. The van der Waals surface area contributed by atoms with E-state index in [1.165, 1.54) is 0 Å². The van der Waals surface area contributed by atoms with Crippen molar-refractivity contribution in [2.24, 2.45) is 0 Å². The maximum Gasteiger partial charge on any atom is 0.270 e. The van der Waals surface area contributed by atoms with E-state index in [0.717, 1.165) is 27.9 Å². The Labute approximate surface area is 212 Å². The van der Waals surface area contributed by atoms with Gasteiger partial charge in [-0.15, -0.1) is 0 Å². The van der Waals surface area contributed by atoms with Crippen LogP contribution in [0.5, 0.6) is 0 Å². The third-order valence-electron chi connectivity index (χ3n) is 6.40. The van der Waals surface area contributed by atoms with Gasteiger partial charge in [0, 0.05) is 52.5 Å². The Morgan fingerprint density at radius 1 is 1.16 bits per heavy atom. The zero-order valence-corrected chi connectivity index (χ0v) is 20.1. The van der Waals surface area contributed by atoms with Gasteiger partial charge in [0.1, 0.15) is 17.9 Å². The van der Waals surface area contributed by atoms with Gasteiger partial charge in [0.25, 0.3) is 5.91 Å². The van der Waals surface area contributed by atoms with E-state index < -0.39 is 12.2 Å². The van der Waals surface area contributed by atoms with E-state index >= 15 is 0 Å². The van der Waals surface area contributed by atoms with Crippen LogP contribution in [-0.2, 0) is 13.0 Å². The van der Waals surface area contributed by atoms with Crippen molar-refractivity contribution in [3.05, 3.63) is 113 Å². The van der Waals surface area contributed by atoms with Crippen LogP contribution in [0.1, 0.15) is 50.4 Å². The molecule has 8 heteroatoms. The number of halogens is 1. The number of nitrogens with one attached hydrogen (secondary N) is 2. The van der Waals surface area contributed by atoms with Crippen molar-refractivity contribution in [3.63, 3.8) is 0 Å². The first-order valence-corrected chi connectivity index (χ1v) is 12.0. The van der Waals surface area contributed by atoms with Gasteiger partial charge in [-0.25, -0.2) is 14.4 Å². The van der Waals surface area contributed by atoms with E-state index in [-0.39, 0.29) is 24.6 Å². The largest absolute Gasteiger partial charge is 0.356 e. The lowest BCUT2D eigenvalue weighted by Crippen LogP contribution is -2.31. The van der Waals surface area contributed by atoms with Crippen LogP contribution in [0.4, 0.5) is 4.39 Å². The van der Waals surface area contributed by atoms with Gasteiger partial charge in [0.05, 0.1) is 18.6 Å². The van der Waals surface area contributed by atoms with E-state index in [1.54, 1.807) is 24.8 Å². The summed E-state index contributed by atoms with van der Waals surface area (Å²) in [6, 6.07) is 16.5. The molecule has 1 amide bonds. The number of aromatic amines is 1. The van der Waals surface area contributed by atoms with Gasteiger partial charge in [-0.1, -0.05) is 30.0 Å². The van der Waals surface area contributed by atoms with Gasteiger partial charge in [0.2, 0.25) is 0 Å². The zero-order valence-electron chi connectivity index (χ0n) is 20.1. The Morgan fingerprint density at radius 3 is 2.86 bits per heavy atom. The molecule has 1 aliphatic heterocycles. The molecule has 5 heterocycles. The summed E-state index contributed by atoms with van der Waals surface area (Å²) in [4.78, 5) is 30.0. The molecule has 0 fully saturated rings. The number of imidazole rings is 1. The Balaban J connectivity index is 1.35. The van der Waals surface area contributed by atoms with Crippen LogP contribution in [0.2, 0.25) is 0 Å². The molecule has 7 nitrogen and oxygen atoms in total. The molecule has 0 spiro atoms. The molecule has 2 N–H and O–H groups in total. The lowest BCUT2D eigenvalue weighted by atomic mass is 10.1. The highest BCUT2D eigenvalue weighted by Gasteiger charge is 2.31. The zero-order chi connectivity index (χ0) is 25.4. The van der Waals surface area contributed by atoms with Gasteiger partial charge in [0.15, 0.2) is 0 Å². The summed E-state index contributed by atoms with van der Waals surface area (Å²) >= 11 is 0. The molecule has 182 valence electrons. The number of fused-ring (bicyclic) bond motifs is 2. The molecule has 6 rings (SSSR count). The molecular formula is C29H23FN6O. The fourth-order valence-electron chi connectivity index (χ4n) is 4.72. The summed E-state index contributed by atoms with van der Waals surface area (Å²) in [6.45, 7) is 2.10. The fraction of sp³-hybridized carbons (Fsp3) is 0.172. The Morgan fingerprint density at radius 2 is 2.03 bits per heavy atom. The number of alkyl halides is 1. The fourth-order valence-corrected chi connectivity index (χ4v) is 4.72. The second-order valence-electron chi connectivity index (χ2n) is 9.12. The molecule has 0 bridgehead atoms. The van der Waals surface area contributed by atoms with Crippen LogP contribution in [-0.4, -0.2) is 36.6 Å². The summed E-state index contributed by atoms with van der Waals surface area (Å²) in [5.74, 6) is 5.79. The number of carbonyl (C=O) groups is 1. The quantitative estimate of drug-likeness (QED) is 0.368. The van der Waals surface area contributed by atoms with E-state index in [9.17, 15) is 9.18 Å². The summed E-state index contributed by atoms with van der Waals surface area (Å²) in [7, 11) is 0. The van der Waals surface area contributed by atoms with E-state index in [2.05, 4.69) is 37.1 Å². The highest BCUT2D eigenvalue weighted by molar-refractivity contribution is 5.93. The number of aryl methyl sites for hydroxylation is 1. The monoisotopic (exact) mass is 490 g/mol. The minimum absolute atomic E-state index is 0.246. The number of nitrogens with zero attached hydrogens (tertiary/aromatic N) is 4. The molecule has 4 aromatic heterocycles. The van der Waals surface area contributed by atoms with Gasteiger partial charge in [-0.3, -0.25) is 9.78 Å². The van der Waals surface area contributed by atoms with Crippen molar-refractivity contribution >= 4 is 16.8 Å². The minimum Gasteiger partial charge on any atom is -0.356 e. The molecule has 0 saturated carbocycles. The summed E-state index contributed by atoms with van der Waals surface area (Å²) < 4.78 is 16.0. The van der Waals surface area contributed by atoms with Gasteiger partial charge < -0.3 is 14.9 Å². The second-order valence-corrected chi connectivity index (χ2v) is 9.12. The lowest BCUT2D eigenvalue weighted by Gasteiger charge is -2.17. The molecule has 1 aromatic carbocycles. The first kappa shape index (κ1) is 22.7. The first-order valence-electron chi connectivity index (χ1n) is 12.0. The van der Waals surface area contributed by atoms with Crippen LogP contribution in [0, 0.1) is 18.8 Å². The van der Waals surface area contributed by atoms with Crippen LogP contribution >= 0.6 is 0 Å². The van der Waals surface area contributed by atoms with Gasteiger partial charge in [-0.2, -0.15) is 0 Å². The highest BCUT2D eigenvalue weighted by atomic mass is 19.1. The van der Waals surface area contributed by atoms with Crippen LogP contribution < -0.4 is 5.32 Å². The normalized spacial score (nSPS) is 15.1. The standard InChI is InChI=1S/C29H23FN6O/c1-18-11-20(9-8-19-5-4-10-31-15-19)12-25(33-18)29(37)35-27(24-13-21-6-2-3-7-23(21)34-24)28-26-14-22(30)16-36(26)17-32-28/h2-7,10-13,15,17,22,27,34H,14,16H2,1H3,(H,35,37)/t22-,27?/m1/s1. The van der Waals surface area contributed by atoms with Crippen molar-refractivity contribution in [3.8, 4) is 11.8 Å². The Bertz CT molecular complexity index is 1640. The predicted octanol–water partition coefficient (Wildman–Crippen LogP) is 4.28. The number of H-pyrrole nitrogens is 1. The first-order chi connectivity index (χ1) is 18.0. The molecule has 1 unspecified atom stereocenters. The van der Waals surface area contributed by atoms with E-state index in [4.69, 9.17) is 0 Å². The van der Waals surface area contributed by atoms with E-state index in [1.807, 2.05) is 60.0 Å². The van der Waals surface area contributed by atoms with Crippen molar-refractivity contribution in [2.45, 2.75) is 32.1 Å². The number of hydrogen-bond acceptors (Lipinski definition) is 4.